The highest BCUT2D eigenvalue weighted by atomic mass is 15.2. The lowest BCUT2D eigenvalue weighted by Gasteiger charge is -2.34. The van der Waals surface area contributed by atoms with Gasteiger partial charge in [-0.15, -0.1) is 0 Å². The fourth-order valence-electron chi connectivity index (χ4n) is 3.28. The lowest BCUT2D eigenvalue weighted by molar-refractivity contribution is 0.313. The van der Waals surface area contributed by atoms with Crippen LogP contribution in [0.15, 0.2) is 36.9 Å². The molecular weight excluding hydrogens is 326 g/mol. The van der Waals surface area contributed by atoms with Crippen LogP contribution in [0.1, 0.15) is 19.9 Å². The molecule has 1 N–H and O–H groups in total. The number of likely N-dealkylation sites (N-methyl/N-ethyl adjacent to an activating group) is 1. The van der Waals surface area contributed by atoms with Crippen LogP contribution in [0.2, 0.25) is 0 Å². The van der Waals surface area contributed by atoms with E-state index in [4.69, 9.17) is 0 Å². The van der Waals surface area contributed by atoms with Crippen molar-refractivity contribution in [3.63, 3.8) is 0 Å². The standard InChI is InChI=1S/C19H25N7/c1-14(2)26-13-22-17-18(20-12-21-19(17)26)23-15-4-6-16(7-5-15)25-10-8-24(3)9-11-25/h4-7,12-14H,8-11H2,1-3H3,(H,20,21,23). The van der Waals surface area contributed by atoms with E-state index < -0.39 is 0 Å². The van der Waals surface area contributed by atoms with Gasteiger partial charge in [0, 0.05) is 43.6 Å². The molecule has 136 valence electrons. The van der Waals surface area contributed by atoms with Gasteiger partial charge in [-0.1, -0.05) is 0 Å². The molecule has 26 heavy (non-hydrogen) atoms. The van der Waals surface area contributed by atoms with E-state index in [-0.39, 0.29) is 0 Å². The van der Waals surface area contributed by atoms with Gasteiger partial charge in [-0.3, -0.25) is 0 Å². The van der Waals surface area contributed by atoms with Gasteiger partial charge in [0.2, 0.25) is 0 Å². The number of benzene rings is 1. The van der Waals surface area contributed by atoms with Crippen molar-refractivity contribution >= 4 is 28.4 Å². The van der Waals surface area contributed by atoms with E-state index in [1.165, 1.54) is 5.69 Å². The molecule has 0 bridgehead atoms. The van der Waals surface area contributed by atoms with E-state index in [1.54, 1.807) is 6.33 Å². The maximum Gasteiger partial charge on any atom is 0.165 e. The van der Waals surface area contributed by atoms with Gasteiger partial charge in [0.15, 0.2) is 17.0 Å². The summed E-state index contributed by atoms with van der Waals surface area (Å²) >= 11 is 0. The number of nitrogens with one attached hydrogen (secondary N) is 1. The second-order valence-corrected chi connectivity index (χ2v) is 7.10. The van der Waals surface area contributed by atoms with Gasteiger partial charge in [0.05, 0.1) is 6.33 Å². The minimum absolute atomic E-state index is 0.311. The predicted molar refractivity (Wildman–Crippen MR) is 105 cm³/mol. The number of imidazole rings is 1. The third-order valence-corrected chi connectivity index (χ3v) is 4.91. The number of piperazine rings is 1. The summed E-state index contributed by atoms with van der Waals surface area (Å²) < 4.78 is 2.05. The number of anilines is 3. The first kappa shape index (κ1) is 16.8. The smallest absolute Gasteiger partial charge is 0.165 e. The first-order chi connectivity index (χ1) is 12.6. The largest absolute Gasteiger partial charge is 0.369 e. The molecule has 0 saturated carbocycles. The second kappa shape index (κ2) is 6.92. The number of rotatable bonds is 4. The molecule has 4 rings (SSSR count). The summed E-state index contributed by atoms with van der Waals surface area (Å²) in [6.07, 6.45) is 3.41. The lowest BCUT2D eigenvalue weighted by atomic mass is 10.2. The van der Waals surface area contributed by atoms with Gasteiger partial charge in [0.1, 0.15) is 6.33 Å². The molecule has 0 atom stereocenters. The zero-order valence-electron chi connectivity index (χ0n) is 15.6. The molecule has 0 radical (unpaired) electrons. The Hall–Kier alpha value is -2.67. The Labute approximate surface area is 153 Å². The van der Waals surface area contributed by atoms with Crippen LogP contribution in [-0.4, -0.2) is 57.6 Å². The molecule has 1 aliphatic heterocycles. The Kier molecular flexibility index (Phi) is 4.46. The molecule has 7 nitrogen and oxygen atoms in total. The summed E-state index contributed by atoms with van der Waals surface area (Å²) in [5.41, 5.74) is 3.92. The summed E-state index contributed by atoms with van der Waals surface area (Å²) in [7, 11) is 2.17. The van der Waals surface area contributed by atoms with Crippen LogP contribution >= 0.6 is 0 Å². The van der Waals surface area contributed by atoms with Crippen molar-refractivity contribution in [3.05, 3.63) is 36.9 Å². The minimum Gasteiger partial charge on any atom is -0.369 e. The van der Waals surface area contributed by atoms with Gasteiger partial charge < -0.3 is 19.7 Å². The maximum atomic E-state index is 4.50. The van der Waals surface area contributed by atoms with Crippen molar-refractivity contribution in [2.24, 2.45) is 0 Å². The van der Waals surface area contributed by atoms with Crippen molar-refractivity contribution in [1.29, 1.82) is 0 Å². The fourth-order valence-corrected chi connectivity index (χ4v) is 3.28. The maximum absolute atomic E-state index is 4.50. The Bertz CT molecular complexity index is 877. The molecular formula is C19H25N7. The summed E-state index contributed by atoms with van der Waals surface area (Å²) in [4.78, 5) is 18.1. The molecule has 1 aliphatic rings. The van der Waals surface area contributed by atoms with Gasteiger partial charge in [-0.25, -0.2) is 15.0 Å². The van der Waals surface area contributed by atoms with Crippen LogP contribution < -0.4 is 10.2 Å². The number of nitrogens with zero attached hydrogens (tertiary/aromatic N) is 6. The molecule has 3 heterocycles. The van der Waals surface area contributed by atoms with E-state index in [0.717, 1.165) is 48.8 Å². The highest BCUT2D eigenvalue weighted by Gasteiger charge is 2.15. The first-order valence-corrected chi connectivity index (χ1v) is 9.10. The Balaban J connectivity index is 1.53. The molecule has 0 unspecified atom stereocenters. The van der Waals surface area contributed by atoms with E-state index >= 15 is 0 Å². The average molecular weight is 351 g/mol. The van der Waals surface area contributed by atoms with Crippen molar-refractivity contribution in [2.45, 2.75) is 19.9 Å². The molecule has 2 aromatic heterocycles. The van der Waals surface area contributed by atoms with Crippen molar-refractivity contribution in [1.82, 2.24) is 24.4 Å². The molecule has 1 saturated heterocycles. The van der Waals surface area contributed by atoms with Crippen LogP contribution in [0.25, 0.3) is 11.2 Å². The fraction of sp³-hybridized carbons (Fsp3) is 0.421. The second-order valence-electron chi connectivity index (χ2n) is 7.10. The lowest BCUT2D eigenvalue weighted by Crippen LogP contribution is -2.44. The number of fused-ring (bicyclic) bond motifs is 1. The van der Waals surface area contributed by atoms with Gasteiger partial charge in [0.25, 0.3) is 0 Å². The zero-order chi connectivity index (χ0) is 18.1. The first-order valence-electron chi connectivity index (χ1n) is 9.10. The topological polar surface area (TPSA) is 62.1 Å². The monoisotopic (exact) mass is 351 g/mol. The molecule has 0 spiro atoms. The number of hydrogen-bond donors (Lipinski definition) is 1. The molecule has 7 heteroatoms. The molecule has 1 fully saturated rings. The van der Waals surface area contributed by atoms with E-state index in [0.29, 0.717) is 6.04 Å². The predicted octanol–water partition coefficient (Wildman–Crippen LogP) is 2.90. The van der Waals surface area contributed by atoms with Crippen LogP contribution in [-0.2, 0) is 0 Å². The van der Waals surface area contributed by atoms with Gasteiger partial charge >= 0.3 is 0 Å². The van der Waals surface area contributed by atoms with Crippen LogP contribution in [0, 0.1) is 0 Å². The quantitative estimate of drug-likeness (QED) is 0.780. The highest BCUT2D eigenvalue weighted by molar-refractivity contribution is 5.85. The van der Waals surface area contributed by atoms with Crippen LogP contribution in [0.5, 0.6) is 0 Å². The normalized spacial score (nSPS) is 15.8. The zero-order valence-corrected chi connectivity index (χ0v) is 15.6. The van der Waals surface area contributed by atoms with Crippen molar-refractivity contribution in [2.75, 3.05) is 43.4 Å². The third-order valence-electron chi connectivity index (χ3n) is 4.91. The van der Waals surface area contributed by atoms with Crippen LogP contribution in [0.4, 0.5) is 17.2 Å². The number of hydrogen-bond acceptors (Lipinski definition) is 6. The summed E-state index contributed by atoms with van der Waals surface area (Å²) in [6.45, 7) is 8.60. The Morgan fingerprint density at radius 3 is 2.38 bits per heavy atom. The molecule has 0 aliphatic carbocycles. The summed E-state index contributed by atoms with van der Waals surface area (Å²) in [5, 5.41) is 3.38. The van der Waals surface area contributed by atoms with E-state index in [2.05, 4.69) is 79.8 Å². The van der Waals surface area contributed by atoms with Crippen molar-refractivity contribution in [3.8, 4) is 0 Å². The minimum atomic E-state index is 0.311. The van der Waals surface area contributed by atoms with E-state index in [9.17, 15) is 0 Å². The van der Waals surface area contributed by atoms with Gasteiger partial charge in [-0.05, 0) is 45.2 Å². The van der Waals surface area contributed by atoms with E-state index in [1.807, 2.05) is 6.33 Å². The van der Waals surface area contributed by atoms with Gasteiger partial charge in [-0.2, -0.15) is 0 Å². The Morgan fingerprint density at radius 2 is 1.69 bits per heavy atom. The third kappa shape index (κ3) is 3.22. The van der Waals surface area contributed by atoms with Crippen LogP contribution in [0.3, 0.4) is 0 Å². The molecule has 0 amide bonds. The highest BCUT2D eigenvalue weighted by Crippen LogP contribution is 2.25. The van der Waals surface area contributed by atoms with Crippen molar-refractivity contribution < 1.29 is 0 Å². The number of aromatic nitrogens is 4. The summed E-state index contributed by atoms with van der Waals surface area (Å²) in [5.74, 6) is 0.738. The molecule has 3 aromatic rings. The summed E-state index contributed by atoms with van der Waals surface area (Å²) in [6, 6.07) is 8.84. The average Bonchev–Trinajstić information content (AvgIpc) is 3.09. The Morgan fingerprint density at radius 1 is 0.962 bits per heavy atom. The molecule has 1 aromatic carbocycles. The SMILES string of the molecule is CC(C)n1cnc2c(Nc3ccc(N4CCN(C)CC4)cc3)ncnc21.